The number of aliphatic imine (C=N–C) groups is 1. The zero-order valence-electron chi connectivity index (χ0n) is 19.7. The largest absolute Gasteiger partial charge is 0.389 e. The Kier molecular flexibility index (Phi) is 7.60. The molecule has 1 unspecified atom stereocenters. The van der Waals surface area contributed by atoms with E-state index in [1.54, 1.807) is 36.4 Å². The van der Waals surface area contributed by atoms with Gasteiger partial charge in [0.25, 0.3) is 5.91 Å². The molecule has 37 heavy (non-hydrogen) atoms. The number of primary amides is 1. The number of para-hydroxylation sites is 1. The summed E-state index contributed by atoms with van der Waals surface area (Å²) in [5.41, 5.74) is 6.37. The molecule has 11 heteroatoms. The molecule has 4 N–H and O–H groups in total. The smallest absolute Gasteiger partial charge is 0.369 e. The third-order valence-corrected chi connectivity index (χ3v) is 6.56. The van der Waals surface area contributed by atoms with Gasteiger partial charge in [-0.15, -0.1) is 0 Å². The lowest BCUT2D eigenvalue weighted by molar-refractivity contribution is -0.146. The maximum atomic E-state index is 14.7. The third-order valence-electron chi connectivity index (χ3n) is 6.56. The maximum absolute atomic E-state index is 14.7. The molecular formula is C26H26F4N4O3. The highest BCUT2D eigenvalue weighted by molar-refractivity contribution is 6.20. The van der Waals surface area contributed by atoms with Gasteiger partial charge in [0.05, 0.1) is 11.4 Å². The average Bonchev–Trinajstić information content (AvgIpc) is 3.67. The minimum atomic E-state index is -4.56. The van der Waals surface area contributed by atoms with Crippen LogP contribution in [-0.4, -0.2) is 35.8 Å². The molecule has 1 aliphatic heterocycles. The molecule has 3 amide bonds. The molecule has 2 aliphatic rings. The van der Waals surface area contributed by atoms with Gasteiger partial charge in [-0.25, -0.2) is 9.38 Å². The molecule has 1 aliphatic carbocycles. The first kappa shape index (κ1) is 26.3. The first-order valence-electron chi connectivity index (χ1n) is 11.9. The molecule has 2 aromatic rings. The quantitative estimate of drug-likeness (QED) is 0.437. The van der Waals surface area contributed by atoms with Crippen LogP contribution < -0.4 is 16.4 Å². The Labute approximate surface area is 210 Å². The lowest BCUT2D eigenvalue weighted by Gasteiger charge is -2.26. The number of fused-ring (bicyclic) bond motifs is 1. The minimum absolute atomic E-state index is 0.111. The van der Waals surface area contributed by atoms with E-state index in [4.69, 9.17) is 5.73 Å². The van der Waals surface area contributed by atoms with Crippen molar-refractivity contribution in [2.45, 2.75) is 44.4 Å². The van der Waals surface area contributed by atoms with E-state index in [9.17, 15) is 31.9 Å². The monoisotopic (exact) mass is 518 g/mol. The molecular weight excluding hydrogens is 492 g/mol. The maximum Gasteiger partial charge on any atom is 0.389 e. The molecule has 1 fully saturated rings. The van der Waals surface area contributed by atoms with Crippen molar-refractivity contribution in [2.24, 2.45) is 28.5 Å². The average molecular weight is 519 g/mol. The second-order valence-corrected chi connectivity index (χ2v) is 9.35. The topological polar surface area (TPSA) is 114 Å². The molecule has 7 nitrogen and oxygen atoms in total. The highest BCUT2D eigenvalue weighted by Gasteiger charge is 2.41. The number of benzodiazepines with no additional fused rings is 1. The van der Waals surface area contributed by atoms with Crippen LogP contribution in [0.25, 0.3) is 0 Å². The van der Waals surface area contributed by atoms with Crippen molar-refractivity contribution in [3.05, 3.63) is 65.5 Å². The van der Waals surface area contributed by atoms with Crippen molar-refractivity contribution in [2.75, 3.05) is 5.32 Å². The van der Waals surface area contributed by atoms with E-state index in [-0.39, 0.29) is 29.3 Å². The molecule has 0 saturated heterocycles. The minimum Gasteiger partial charge on any atom is -0.369 e. The van der Waals surface area contributed by atoms with E-state index in [0.29, 0.717) is 5.56 Å². The number of carbonyl (C=O) groups excluding carboxylic acids is 3. The number of anilines is 1. The number of hydrogen-bond acceptors (Lipinski definition) is 4. The molecule has 0 radical (unpaired) electrons. The SMILES string of the molecule is NC(=O)[C@@H](CC1CC1)[C@@H](CCC(F)(F)F)C(=O)NC1N=C(c2ccccc2)c2cccc(F)c2NC1=O. The Balaban J connectivity index is 1.67. The van der Waals surface area contributed by atoms with Gasteiger partial charge in [-0.2, -0.15) is 13.2 Å². The van der Waals surface area contributed by atoms with Crippen LogP contribution in [0.2, 0.25) is 0 Å². The highest BCUT2D eigenvalue weighted by Crippen LogP contribution is 2.39. The molecule has 2 aromatic carbocycles. The van der Waals surface area contributed by atoms with Crippen LogP contribution in [0.3, 0.4) is 0 Å². The lowest BCUT2D eigenvalue weighted by Crippen LogP contribution is -2.48. The van der Waals surface area contributed by atoms with Gasteiger partial charge in [-0.3, -0.25) is 14.4 Å². The predicted molar refractivity (Wildman–Crippen MR) is 128 cm³/mol. The number of nitrogens with zero attached hydrogens (tertiary/aromatic N) is 1. The second kappa shape index (κ2) is 10.7. The predicted octanol–water partition coefficient (Wildman–Crippen LogP) is 3.92. The Morgan fingerprint density at radius 1 is 1.08 bits per heavy atom. The number of amides is 3. The van der Waals surface area contributed by atoms with Crippen molar-refractivity contribution in [1.82, 2.24) is 5.32 Å². The molecule has 1 saturated carbocycles. The molecule has 1 heterocycles. The summed E-state index contributed by atoms with van der Waals surface area (Å²) in [6.07, 6.45) is -6.32. The Bertz CT molecular complexity index is 1210. The van der Waals surface area contributed by atoms with E-state index in [1.165, 1.54) is 6.07 Å². The van der Waals surface area contributed by atoms with Crippen LogP contribution in [0.5, 0.6) is 0 Å². The number of benzene rings is 2. The van der Waals surface area contributed by atoms with Crippen LogP contribution >= 0.6 is 0 Å². The van der Waals surface area contributed by atoms with Gasteiger partial charge in [0.1, 0.15) is 5.82 Å². The molecule has 196 valence electrons. The molecule has 3 atom stereocenters. The number of rotatable bonds is 9. The van der Waals surface area contributed by atoms with Gasteiger partial charge in [0.2, 0.25) is 18.0 Å². The zero-order valence-corrected chi connectivity index (χ0v) is 19.7. The fourth-order valence-electron chi connectivity index (χ4n) is 4.49. The fourth-order valence-corrected chi connectivity index (χ4v) is 4.49. The molecule has 0 bridgehead atoms. The Morgan fingerprint density at radius 2 is 1.78 bits per heavy atom. The number of alkyl halides is 3. The zero-order chi connectivity index (χ0) is 26.7. The van der Waals surface area contributed by atoms with E-state index >= 15 is 0 Å². The number of hydrogen-bond donors (Lipinski definition) is 3. The lowest BCUT2D eigenvalue weighted by atomic mass is 9.83. The van der Waals surface area contributed by atoms with E-state index in [2.05, 4.69) is 15.6 Å². The van der Waals surface area contributed by atoms with Gasteiger partial charge in [0.15, 0.2) is 0 Å². The number of carbonyl (C=O) groups is 3. The standard InChI is InChI=1S/C26H26F4N4O3/c27-19-8-4-7-17-20(15-5-2-1-3-6-15)32-23(25(37)33-21(17)19)34-24(36)16(11-12-26(28,29)30)18(22(31)35)13-14-9-10-14/h1-8,14,16,18,23H,9-13H2,(H2,31,35)(H,33,37)(H,34,36)/t16-,18+,23?/m1/s1. The van der Waals surface area contributed by atoms with Crippen LogP contribution in [0.4, 0.5) is 23.2 Å². The van der Waals surface area contributed by atoms with Crippen LogP contribution in [0.15, 0.2) is 53.5 Å². The summed E-state index contributed by atoms with van der Waals surface area (Å²) in [6, 6.07) is 12.7. The Morgan fingerprint density at radius 3 is 2.41 bits per heavy atom. The van der Waals surface area contributed by atoms with E-state index in [0.717, 1.165) is 18.9 Å². The van der Waals surface area contributed by atoms with Crippen LogP contribution in [0.1, 0.15) is 43.2 Å². The summed E-state index contributed by atoms with van der Waals surface area (Å²) in [5, 5.41) is 4.81. The van der Waals surface area contributed by atoms with Crippen molar-refractivity contribution in [1.29, 1.82) is 0 Å². The van der Waals surface area contributed by atoms with Crippen molar-refractivity contribution >= 4 is 29.1 Å². The Hall–Kier alpha value is -3.76. The first-order chi connectivity index (χ1) is 17.5. The summed E-state index contributed by atoms with van der Waals surface area (Å²) >= 11 is 0. The number of nitrogens with one attached hydrogen (secondary N) is 2. The summed E-state index contributed by atoms with van der Waals surface area (Å²) in [6.45, 7) is 0. The summed E-state index contributed by atoms with van der Waals surface area (Å²) in [5.74, 6) is -5.85. The van der Waals surface area contributed by atoms with Crippen molar-refractivity contribution in [3.63, 3.8) is 0 Å². The summed E-state index contributed by atoms with van der Waals surface area (Å²) < 4.78 is 53.8. The number of nitrogens with two attached hydrogens (primary N) is 1. The second-order valence-electron chi connectivity index (χ2n) is 9.35. The van der Waals surface area contributed by atoms with Gasteiger partial charge < -0.3 is 16.4 Å². The first-order valence-corrected chi connectivity index (χ1v) is 11.9. The van der Waals surface area contributed by atoms with Gasteiger partial charge in [0, 0.05) is 29.4 Å². The van der Waals surface area contributed by atoms with Crippen molar-refractivity contribution in [3.8, 4) is 0 Å². The number of halogens is 4. The normalized spacial score (nSPS) is 19.1. The summed E-state index contributed by atoms with van der Waals surface area (Å²) in [4.78, 5) is 42.9. The molecule has 0 aromatic heterocycles. The molecule has 0 spiro atoms. The van der Waals surface area contributed by atoms with Crippen molar-refractivity contribution < 1.29 is 31.9 Å². The molecule has 4 rings (SSSR count). The van der Waals surface area contributed by atoms with Gasteiger partial charge in [-0.05, 0) is 24.8 Å². The van der Waals surface area contributed by atoms with Gasteiger partial charge >= 0.3 is 6.18 Å². The van der Waals surface area contributed by atoms with Gasteiger partial charge in [-0.1, -0.05) is 55.3 Å². The highest BCUT2D eigenvalue weighted by atomic mass is 19.4. The van der Waals surface area contributed by atoms with Crippen LogP contribution in [-0.2, 0) is 14.4 Å². The van der Waals surface area contributed by atoms with E-state index < -0.39 is 60.6 Å². The summed E-state index contributed by atoms with van der Waals surface area (Å²) in [7, 11) is 0. The third kappa shape index (κ3) is 6.52. The van der Waals surface area contributed by atoms with Crippen LogP contribution in [0, 0.1) is 23.6 Å². The van der Waals surface area contributed by atoms with E-state index in [1.807, 2.05) is 0 Å². The fraction of sp³-hybridized carbons (Fsp3) is 0.385.